The highest BCUT2D eigenvalue weighted by Gasteiger charge is 2.32. The molecule has 1 aliphatic heterocycles. The van der Waals surface area contributed by atoms with Crippen molar-refractivity contribution in [1.82, 2.24) is 9.80 Å². The average Bonchev–Trinajstić information content (AvgIpc) is 2.58. The molecule has 1 unspecified atom stereocenters. The van der Waals surface area contributed by atoms with Crippen LogP contribution in [0.15, 0.2) is 42.8 Å². The molecular formula is C19H26N2O4. The van der Waals surface area contributed by atoms with Crippen LogP contribution in [0.1, 0.15) is 26.3 Å². The van der Waals surface area contributed by atoms with E-state index in [1.165, 1.54) is 0 Å². The molecule has 0 aromatic heterocycles. The molecule has 0 bridgehead atoms. The molecular weight excluding hydrogens is 320 g/mol. The molecule has 0 aliphatic carbocycles. The van der Waals surface area contributed by atoms with Crippen LogP contribution in [0, 0.1) is 0 Å². The van der Waals surface area contributed by atoms with Crippen LogP contribution in [0.3, 0.4) is 0 Å². The van der Waals surface area contributed by atoms with E-state index in [4.69, 9.17) is 9.47 Å². The second-order valence-corrected chi connectivity index (χ2v) is 6.99. The fraction of sp³-hybridized carbons (Fsp3) is 0.474. The van der Waals surface area contributed by atoms with Crippen molar-refractivity contribution in [2.45, 2.75) is 39.0 Å². The largest absolute Gasteiger partial charge is 0.475 e. The van der Waals surface area contributed by atoms with Crippen LogP contribution in [-0.2, 0) is 20.9 Å². The van der Waals surface area contributed by atoms with Crippen molar-refractivity contribution < 1.29 is 19.1 Å². The maximum absolute atomic E-state index is 12.2. The van der Waals surface area contributed by atoms with E-state index in [1.807, 2.05) is 51.1 Å². The van der Waals surface area contributed by atoms with Gasteiger partial charge in [0.05, 0.1) is 6.54 Å². The Bertz CT molecular complexity index is 610. The molecule has 136 valence electrons. The quantitative estimate of drug-likeness (QED) is 0.606. The molecule has 0 N–H and O–H groups in total. The lowest BCUT2D eigenvalue weighted by Crippen LogP contribution is -2.55. The van der Waals surface area contributed by atoms with Gasteiger partial charge in [-0.1, -0.05) is 30.3 Å². The highest BCUT2D eigenvalue weighted by atomic mass is 16.6. The Morgan fingerprint density at radius 1 is 1.28 bits per heavy atom. The summed E-state index contributed by atoms with van der Waals surface area (Å²) in [5.41, 5.74) is 0.464. The molecule has 0 spiro atoms. The first kappa shape index (κ1) is 18.8. The van der Waals surface area contributed by atoms with E-state index in [9.17, 15) is 9.59 Å². The molecule has 0 radical (unpaired) electrons. The van der Waals surface area contributed by atoms with Crippen molar-refractivity contribution in [1.29, 1.82) is 0 Å². The fourth-order valence-electron chi connectivity index (χ4n) is 2.55. The van der Waals surface area contributed by atoms with Crippen molar-refractivity contribution in [2.75, 3.05) is 19.6 Å². The lowest BCUT2D eigenvalue weighted by atomic mass is 10.2. The maximum atomic E-state index is 12.2. The summed E-state index contributed by atoms with van der Waals surface area (Å²) in [7, 11) is 0. The third-order valence-corrected chi connectivity index (χ3v) is 3.80. The van der Waals surface area contributed by atoms with Gasteiger partial charge in [-0.3, -0.25) is 0 Å². The predicted molar refractivity (Wildman–Crippen MR) is 94.7 cm³/mol. The summed E-state index contributed by atoms with van der Waals surface area (Å²) in [6, 6.07) is 9.25. The number of carbonyl (C=O) groups excluding carboxylic acids is 2. The van der Waals surface area contributed by atoms with Gasteiger partial charge < -0.3 is 24.1 Å². The van der Waals surface area contributed by atoms with E-state index in [2.05, 4.69) is 6.58 Å². The molecule has 1 aliphatic rings. The van der Waals surface area contributed by atoms with Gasteiger partial charge in [-0.05, 0) is 32.9 Å². The number of hydrogen-bond acceptors (Lipinski definition) is 5. The molecule has 6 nitrogen and oxygen atoms in total. The fourth-order valence-corrected chi connectivity index (χ4v) is 2.55. The number of carbonyl (C=O) groups is 2. The molecule has 1 saturated heterocycles. The van der Waals surface area contributed by atoms with Crippen molar-refractivity contribution in [3.63, 3.8) is 0 Å². The minimum Gasteiger partial charge on any atom is -0.475 e. The van der Waals surface area contributed by atoms with Gasteiger partial charge in [0.2, 0.25) is 0 Å². The first-order valence-electron chi connectivity index (χ1n) is 8.35. The van der Waals surface area contributed by atoms with Gasteiger partial charge in [0.1, 0.15) is 24.5 Å². The first-order valence-corrected chi connectivity index (χ1v) is 8.35. The second-order valence-electron chi connectivity index (χ2n) is 6.99. The van der Waals surface area contributed by atoms with Gasteiger partial charge in [-0.2, -0.15) is 0 Å². The minimum atomic E-state index is -0.562. The zero-order valence-corrected chi connectivity index (χ0v) is 15.1. The summed E-state index contributed by atoms with van der Waals surface area (Å²) in [6.07, 6.45) is 0.406. The van der Waals surface area contributed by atoms with Crippen LogP contribution in [0.4, 0.5) is 4.79 Å². The van der Waals surface area contributed by atoms with E-state index in [-0.39, 0.29) is 6.54 Å². The molecule has 1 amide bonds. The standard InChI is InChI=1S/C19H26N2O4/c1-15(24-14-16-8-6-5-7-9-16)21-11-10-20(12-17(21)13-22)18(23)25-19(2,3)4/h5-9,13,17H,1,10-12,14H2,2-4H3. The van der Waals surface area contributed by atoms with Crippen LogP contribution in [0.5, 0.6) is 0 Å². The summed E-state index contributed by atoms with van der Waals surface area (Å²) >= 11 is 0. The lowest BCUT2D eigenvalue weighted by molar-refractivity contribution is -0.115. The number of amides is 1. The number of benzene rings is 1. The first-order chi connectivity index (χ1) is 11.8. The van der Waals surface area contributed by atoms with Gasteiger partial charge in [0.15, 0.2) is 5.88 Å². The van der Waals surface area contributed by atoms with Gasteiger partial charge >= 0.3 is 6.09 Å². The molecule has 6 heteroatoms. The Labute approximate surface area is 149 Å². The Morgan fingerprint density at radius 3 is 2.56 bits per heavy atom. The van der Waals surface area contributed by atoms with Crippen molar-refractivity contribution in [2.24, 2.45) is 0 Å². The topological polar surface area (TPSA) is 59.1 Å². The van der Waals surface area contributed by atoms with E-state index < -0.39 is 17.7 Å². The third-order valence-electron chi connectivity index (χ3n) is 3.80. The van der Waals surface area contributed by atoms with Crippen molar-refractivity contribution in [3.8, 4) is 0 Å². The highest BCUT2D eigenvalue weighted by Crippen LogP contribution is 2.18. The Hall–Kier alpha value is -2.50. The zero-order valence-electron chi connectivity index (χ0n) is 15.1. The maximum Gasteiger partial charge on any atom is 0.410 e. The summed E-state index contributed by atoms with van der Waals surface area (Å²) in [5, 5.41) is 0. The molecule has 1 fully saturated rings. The van der Waals surface area contributed by atoms with E-state index >= 15 is 0 Å². The SMILES string of the molecule is C=C(OCc1ccccc1)N1CCN(C(=O)OC(C)(C)C)CC1C=O. The number of hydrogen-bond donors (Lipinski definition) is 0. The van der Waals surface area contributed by atoms with Gasteiger partial charge in [0.25, 0.3) is 0 Å². The smallest absolute Gasteiger partial charge is 0.410 e. The van der Waals surface area contributed by atoms with Gasteiger partial charge in [-0.15, -0.1) is 0 Å². The third kappa shape index (κ3) is 5.52. The van der Waals surface area contributed by atoms with Gasteiger partial charge in [0, 0.05) is 13.1 Å². The number of ether oxygens (including phenoxy) is 2. The molecule has 1 aromatic carbocycles. The minimum absolute atomic E-state index is 0.256. The molecule has 1 heterocycles. The van der Waals surface area contributed by atoms with Crippen LogP contribution in [0.25, 0.3) is 0 Å². The van der Waals surface area contributed by atoms with E-state index in [0.717, 1.165) is 11.8 Å². The van der Waals surface area contributed by atoms with E-state index in [1.54, 1.807) is 9.80 Å². The summed E-state index contributed by atoms with van der Waals surface area (Å²) < 4.78 is 11.1. The van der Waals surface area contributed by atoms with Crippen LogP contribution in [-0.4, -0.2) is 53.5 Å². The summed E-state index contributed by atoms with van der Waals surface area (Å²) in [5.74, 6) is 0.435. The van der Waals surface area contributed by atoms with Crippen molar-refractivity contribution >= 4 is 12.4 Å². The lowest BCUT2D eigenvalue weighted by Gasteiger charge is -2.40. The summed E-state index contributed by atoms with van der Waals surface area (Å²) in [4.78, 5) is 27.0. The van der Waals surface area contributed by atoms with Gasteiger partial charge in [-0.25, -0.2) is 4.79 Å². The number of rotatable bonds is 5. The Morgan fingerprint density at radius 2 is 1.96 bits per heavy atom. The highest BCUT2D eigenvalue weighted by molar-refractivity contribution is 5.70. The predicted octanol–water partition coefficient (Wildman–Crippen LogP) is 2.79. The Balaban J connectivity index is 1.91. The van der Waals surface area contributed by atoms with Crippen LogP contribution in [0.2, 0.25) is 0 Å². The van der Waals surface area contributed by atoms with Crippen LogP contribution < -0.4 is 0 Å². The monoisotopic (exact) mass is 346 g/mol. The zero-order chi connectivity index (χ0) is 18.4. The second kappa shape index (κ2) is 8.05. The van der Waals surface area contributed by atoms with E-state index in [0.29, 0.717) is 25.6 Å². The average molecular weight is 346 g/mol. The molecule has 0 saturated carbocycles. The molecule has 25 heavy (non-hydrogen) atoms. The van der Waals surface area contributed by atoms with Crippen molar-refractivity contribution in [3.05, 3.63) is 48.4 Å². The van der Waals surface area contributed by atoms with Crippen LogP contribution >= 0.6 is 0 Å². The number of piperazine rings is 1. The summed E-state index contributed by atoms with van der Waals surface area (Å²) in [6.45, 7) is 10.9. The number of aldehydes is 1. The molecule has 2 rings (SSSR count). The normalized spacial score (nSPS) is 17.8. The number of nitrogens with zero attached hydrogens (tertiary/aromatic N) is 2. The molecule has 1 atom stereocenters. The molecule has 1 aromatic rings. The Kier molecular flexibility index (Phi) is 6.07.